The van der Waals surface area contributed by atoms with Gasteiger partial charge in [0.25, 0.3) is 0 Å². The number of halogens is 1. The zero-order valence-electron chi connectivity index (χ0n) is 9.57. The lowest BCUT2D eigenvalue weighted by Gasteiger charge is -2.35. The number of carbonyl (C=O) groups is 1. The molecule has 4 nitrogen and oxygen atoms in total. The van der Waals surface area contributed by atoms with Crippen LogP contribution in [0.4, 0.5) is 5.82 Å². The Bertz CT molecular complexity index is 480. The second-order valence-corrected chi connectivity index (χ2v) is 4.82. The molecule has 1 amide bonds. The van der Waals surface area contributed by atoms with E-state index in [1.54, 1.807) is 19.2 Å². The van der Waals surface area contributed by atoms with E-state index in [0.717, 1.165) is 32.0 Å². The summed E-state index contributed by atoms with van der Waals surface area (Å²) in [6.45, 7) is 4.59. The first kappa shape index (κ1) is 12.4. The zero-order valence-corrected chi connectivity index (χ0v) is 11.1. The Balaban J connectivity index is 2.13. The number of carbonyl (C=O) groups excluding carboxylic acids is 1. The van der Waals surface area contributed by atoms with Crippen LogP contribution in [0.2, 0.25) is 5.02 Å². The van der Waals surface area contributed by atoms with Gasteiger partial charge in [-0.2, -0.15) is 0 Å². The van der Waals surface area contributed by atoms with E-state index >= 15 is 0 Å². The van der Waals surface area contributed by atoms with Crippen molar-refractivity contribution in [2.45, 2.75) is 6.92 Å². The number of amides is 1. The van der Waals surface area contributed by atoms with E-state index < -0.39 is 0 Å². The SMILES string of the molecule is CC(=O)N1CCN(c2[nH]ccc(=S)c2Cl)CC1. The van der Waals surface area contributed by atoms with Crippen LogP contribution in [-0.2, 0) is 4.79 Å². The highest BCUT2D eigenvalue weighted by molar-refractivity contribution is 7.71. The monoisotopic (exact) mass is 271 g/mol. The van der Waals surface area contributed by atoms with Gasteiger partial charge in [0.2, 0.25) is 5.91 Å². The maximum absolute atomic E-state index is 11.2. The molecule has 1 aromatic heterocycles. The largest absolute Gasteiger partial charge is 0.353 e. The van der Waals surface area contributed by atoms with Crippen molar-refractivity contribution in [3.63, 3.8) is 0 Å². The average Bonchev–Trinajstić information content (AvgIpc) is 2.33. The molecular formula is C11H14ClN3OS. The van der Waals surface area contributed by atoms with Crippen molar-refractivity contribution in [2.24, 2.45) is 0 Å². The average molecular weight is 272 g/mol. The minimum atomic E-state index is 0.122. The van der Waals surface area contributed by atoms with Gasteiger partial charge in [-0.3, -0.25) is 4.79 Å². The summed E-state index contributed by atoms with van der Waals surface area (Å²) in [5.41, 5.74) is 0. The van der Waals surface area contributed by atoms with Crippen LogP contribution in [0.25, 0.3) is 0 Å². The Labute approximate surface area is 110 Å². The number of aromatic amines is 1. The Morgan fingerprint density at radius 3 is 2.65 bits per heavy atom. The minimum Gasteiger partial charge on any atom is -0.353 e. The van der Waals surface area contributed by atoms with E-state index in [-0.39, 0.29) is 5.91 Å². The van der Waals surface area contributed by atoms with Gasteiger partial charge in [-0.25, -0.2) is 0 Å². The number of H-pyrrole nitrogens is 1. The summed E-state index contributed by atoms with van der Waals surface area (Å²) in [5, 5.41) is 0.582. The summed E-state index contributed by atoms with van der Waals surface area (Å²) in [6, 6.07) is 1.77. The summed E-state index contributed by atoms with van der Waals surface area (Å²) >= 11 is 11.3. The second kappa shape index (κ2) is 5.06. The van der Waals surface area contributed by atoms with Gasteiger partial charge in [0.1, 0.15) is 5.82 Å². The number of piperazine rings is 1. The first-order chi connectivity index (χ1) is 8.09. The van der Waals surface area contributed by atoms with Gasteiger partial charge < -0.3 is 14.8 Å². The first-order valence-corrected chi connectivity index (χ1v) is 6.26. The van der Waals surface area contributed by atoms with Gasteiger partial charge in [0.05, 0.1) is 9.53 Å². The first-order valence-electron chi connectivity index (χ1n) is 5.47. The fraction of sp³-hybridized carbons (Fsp3) is 0.455. The molecule has 1 aliphatic rings. The number of hydrogen-bond acceptors (Lipinski definition) is 3. The van der Waals surface area contributed by atoms with Crippen LogP contribution in [0, 0.1) is 4.51 Å². The van der Waals surface area contributed by atoms with Crippen molar-refractivity contribution < 1.29 is 4.79 Å². The fourth-order valence-corrected chi connectivity index (χ4v) is 2.33. The van der Waals surface area contributed by atoms with Gasteiger partial charge in [-0.05, 0) is 6.07 Å². The maximum atomic E-state index is 11.2. The summed E-state index contributed by atoms with van der Waals surface area (Å²) in [6.07, 6.45) is 1.79. The number of hydrogen-bond donors (Lipinski definition) is 1. The van der Waals surface area contributed by atoms with Crippen molar-refractivity contribution in [1.82, 2.24) is 9.88 Å². The summed E-state index contributed by atoms with van der Waals surface area (Å²) < 4.78 is 0.648. The van der Waals surface area contributed by atoms with Crippen LogP contribution in [0.3, 0.4) is 0 Å². The Morgan fingerprint density at radius 1 is 1.41 bits per heavy atom. The molecule has 0 aromatic carbocycles. The van der Waals surface area contributed by atoms with E-state index in [0.29, 0.717) is 9.53 Å². The number of pyridine rings is 1. The van der Waals surface area contributed by atoms with E-state index in [2.05, 4.69) is 9.88 Å². The molecular weight excluding hydrogens is 258 g/mol. The lowest BCUT2D eigenvalue weighted by atomic mass is 10.3. The summed E-state index contributed by atoms with van der Waals surface area (Å²) in [5.74, 6) is 0.971. The third kappa shape index (κ3) is 2.61. The van der Waals surface area contributed by atoms with Crippen molar-refractivity contribution in [1.29, 1.82) is 0 Å². The molecule has 0 bridgehead atoms. The fourth-order valence-electron chi connectivity index (χ4n) is 1.92. The van der Waals surface area contributed by atoms with Crippen molar-refractivity contribution >= 4 is 35.5 Å². The molecule has 1 aliphatic heterocycles. The third-order valence-electron chi connectivity index (χ3n) is 2.92. The molecule has 1 aromatic rings. The van der Waals surface area contributed by atoms with E-state index in [4.69, 9.17) is 23.8 Å². The van der Waals surface area contributed by atoms with Crippen LogP contribution in [0.15, 0.2) is 12.3 Å². The van der Waals surface area contributed by atoms with Crippen molar-refractivity contribution in [3.05, 3.63) is 21.8 Å². The molecule has 0 radical (unpaired) electrons. The lowest BCUT2D eigenvalue weighted by Crippen LogP contribution is -2.48. The number of anilines is 1. The minimum absolute atomic E-state index is 0.122. The summed E-state index contributed by atoms with van der Waals surface area (Å²) in [4.78, 5) is 18.3. The van der Waals surface area contributed by atoms with Crippen molar-refractivity contribution in [3.8, 4) is 0 Å². The standard InChI is InChI=1S/C11H14ClN3OS/c1-8(16)14-4-6-15(7-5-14)11-10(12)9(17)2-3-13-11/h2-3H,4-7H2,1H3,(H,13,17). The van der Waals surface area contributed by atoms with Crippen LogP contribution in [0.1, 0.15) is 6.92 Å². The highest BCUT2D eigenvalue weighted by atomic mass is 35.5. The van der Waals surface area contributed by atoms with E-state index in [1.165, 1.54) is 0 Å². The molecule has 0 aliphatic carbocycles. The summed E-state index contributed by atoms with van der Waals surface area (Å²) in [7, 11) is 0. The molecule has 17 heavy (non-hydrogen) atoms. The molecule has 1 saturated heterocycles. The molecule has 1 N–H and O–H groups in total. The molecule has 2 rings (SSSR count). The zero-order chi connectivity index (χ0) is 12.4. The molecule has 0 spiro atoms. The molecule has 0 unspecified atom stereocenters. The Morgan fingerprint density at radius 2 is 2.06 bits per heavy atom. The predicted octanol–water partition coefficient (Wildman–Crippen LogP) is 2.07. The van der Waals surface area contributed by atoms with Gasteiger partial charge in [-0.1, -0.05) is 23.8 Å². The molecule has 1 fully saturated rings. The normalized spacial score (nSPS) is 16.1. The molecule has 2 heterocycles. The highest BCUT2D eigenvalue weighted by Gasteiger charge is 2.20. The van der Waals surface area contributed by atoms with Crippen LogP contribution >= 0.6 is 23.8 Å². The number of nitrogens with one attached hydrogen (secondary N) is 1. The quantitative estimate of drug-likeness (QED) is 0.795. The van der Waals surface area contributed by atoms with Gasteiger partial charge in [-0.15, -0.1) is 0 Å². The predicted molar refractivity (Wildman–Crippen MR) is 71.1 cm³/mol. The lowest BCUT2D eigenvalue weighted by molar-refractivity contribution is -0.129. The maximum Gasteiger partial charge on any atom is 0.219 e. The van der Waals surface area contributed by atoms with Crippen molar-refractivity contribution in [2.75, 3.05) is 31.1 Å². The van der Waals surface area contributed by atoms with Crippen LogP contribution in [0.5, 0.6) is 0 Å². The number of aromatic nitrogens is 1. The Hall–Kier alpha value is -1.07. The smallest absolute Gasteiger partial charge is 0.219 e. The molecule has 0 atom stereocenters. The topological polar surface area (TPSA) is 39.3 Å². The van der Waals surface area contributed by atoms with Gasteiger partial charge >= 0.3 is 0 Å². The number of nitrogens with zero attached hydrogens (tertiary/aromatic N) is 2. The van der Waals surface area contributed by atoms with Gasteiger partial charge in [0.15, 0.2) is 0 Å². The molecule has 0 saturated carbocycles. The molecule has 6 heteroatoms. The van der Waals surface area contributed by atoms with E-state index in [1.807, 2.05) is 4.90 Å². The Kier molecular flexibility index (Phi) is 3.69. The third-order valence-corrected chi connectivity index (χ3v) is 3.76. The van der Waals surface area contributed by atoms with E-state index in [9.17, 15) is 4.79 Å². The van der Waals surface area contributed by atoms with Crippen LogP contribution < -0.4 is 4.90 Å². The van der Waals surface area contributed by atoms with Gasteiger partial charge in [0, 0.05) is 39.3 Å². The number of rotatable bonds is 1. The molecule has 92 valence electrons. The van der Waals surface area contributed by atoms with Crippen LogP contribution in [-0.4, -0.2) is 42.0 Å². The second-order valence-electron chi connectivity index (χ2n) is 4.00. The highest BCUT2D eigenvalue weighted by Crippen LogP contribution is 2.24.